The summed E-state index contributed by atoms with van der Waals surface area (Å²) in [6, 6.07) is 13.1. The topological polar surface area (TPSA) is 42.7 Å². The first-order valence-electron chi connectivity index (χ1n) is 8.09. The molecule has 0 spiro atoms. The Kier molecular flexibility index (Phi) is 5.76. The van der Waals surface area contributed by atoms with E-state index in [0.29, 0.717) is 11.5 Å². The molecule has 4 nitrogen and oxygen atoms in total. The van der Waals surface area contributed by atoms with E-state index in [0.717, 1.165) is 0 Å². The van der Waals surface area contributed by atoms with Crippen LogP contribution in [0.1, 0.15) is 21.9 Å². The first-order valence-corrected chi connectivity index (χ1v) is 8.47. The van der Waals surface area contributed by atoms with Crippen LogP contribution >= 0.6 is 11.6 Å². The molecule has 0 aliphatic rings. The standard InChI is InChI=1S/C20H16ClF2NO3/c1-24(11-16-17(21)3-2-4-18(16)23)20(25)19-10-9-15(27-19)12-26-14-7-5-13(22)6-8-14/h2-10H,11-12H2,1H3. The number of halogens is 3. The first-order chi connectivity index (χ1) is 12.9. The van der Waals surface area contributed by atoms with Gasteiger partial charge in [-0.3, -0.25) is 4.79 Å². The largest absolute Gasteiger partial charge is 0.486 e. The zero-order valence-corrected chi connectivity index (χ0v) is 15.2. The molecule has 27 heavy (non-hydrogen) atoms. The molecule has 0 aliphatic heterocycles. The number of hydrogen-bond donors (Lipinski definition) is 0. The summed E-state index contributed by atoms with van der Waals surface area (Å²) in [6.07, 6.45) is 0. The van der Waals surface area contributed by atoms with Crippen molar-refractivity contribution in [2.45, 2.75) is 13.2 Å². The summed E-state index contributed by atoms with van der Waals surface area (Å²) in [7, 11) is 1.53. The second kappa shape index (κ2) is 8.22. The zero-order valence-electron chi connectivity index (χ0n) is 14.4. The number of carbonyl (C=O) groups is 1. The molecule has 0 saturated heterocycles. The average Bonchev–Trinajstić information content (AvgIpc) is 3.12. The molecule has 1 heterocycles. The number of benzene rings is 2. The van der Waals surface area contributed by atoms with Gasteiger partial charge in [-0.1, -0.05) is 17.7 Å². The lowest BCUT2D eigenvalue weighted by atomic mass is 10.2. The third kappa shape index (κ3) is 4.65. The monoisotopic (exact) mass is 391 g/mol. The van der Waals surface area contributed by atoms with Crippen molar-refractivity contribution >= 4 is 17.5 Å². The number of carbonyl (C=O) groups excluding carboxylic acids is 1. The molecule has 0 aliphatic carbocycles. The highest BCUT2D eigenvalue weighted by Crippen LogP contribution is 2.22. The number of hydrogen-bond acceptors (Lipinski definition) is 3. The van der Waals surface area contributed by atoms with Gasteiger partial charge in [0, 0.05) is 17.6 Å². The third-order valence-electron chi connectivity index (χ3n) is 3.87. The molecular weight excluding hydrogens is 376 g/mol. The molecule has 2 aromatic carbocycles. The molecule has 0 atom stereocenters. The Bertz CT molecular complexity index is 920. The van der Waals surface area contributed by atoms with E-state index in [9.17, 15) is 13.6 Å². The van der Waals surface area contributed by atoms with Crippen LogP contribution in [0.25, 0.3) is 0 Å². The fraction of sp³-hybridized carbons (Fsp3) is 0.150. The van der Waals surface area contributed by atoms with Crippen molar-refractivity contribution in [3.63, 3.8) is 0 Å². The van der Waals surface area contributed by atoms with Crippen molar-refractivity contribution in [1.29, 1.82) is 0 Å². The van der Waals surface area contributed by atoms with Gasteiger partial charge in [0.1, 0.15) is 29.8 Å². The predicted octanol–water partition coefficient (Wildman–Crippen LogP) is 5.06. The minimum absolute atomic E-state index is 0.00640. The van der Waals surface area contributed by atoms with Crippen molar-refractivity contribution < 1.29 is 22.7 Å². The predicted molar refractivity (Wildman–Crippen MR) is 96.6 cm³/mol. The Morgan fingerprint density at radius 3 is 2.56 bits per heavy atom. The van der Waals surface area contributed by atoms with Crippen LogP contribution in [-0.2, 0) is 13.2 Å². The highest BCUT2D eigenvalue weighted by Gasteiger charge is 2.19. The van der Waals surface area contributed by atoms with E-state index in [1.54, 1.807) is 12.1 Å². The van der Waals surface area contributed by atoms with Gasteiger partial charge in [0.05, 0.1) is 6.54 Å². The van der Waals surface area contributed by atoms with Gasteiger partial charge >= 0.3 is 0 Å². The van der Waals surface area contributed by atoms with E-state index in [1.165, 1.54) is 54.4 Å². The second-order valence-corrected chi connectivity index (χ2v) is 6.28. The second-order valence-electron chi connectivity index (χ2n) is 5.87. The summed E-state index contributed by atoms with van der Waals surface area (Å²) in [5.41, 5.74) is 0.237. The molecule has 3 aromatic rings. The molecule has 0 fully saturated rings. The third-order valence-corrected chi connectivity index (χ3v) is 4.22. The van der Waals surface area contributed by atoms with E-state index in [-0.39, 0.29) is 35.3 Å². The number of amides is 1. The van der Waals surface area contributed by atoms with Gasteiger partial charge in [-0.15, -0.1) is 0 Å². The van der Waals surface area contributed by atoms with Gasteiger partial charge in [-0.05, 0) is 48.5 Å². The minimum atomic E-state index is -0.477. The van der Waals surface area contributed by atoms with Crippen LogP contribution < -0.4 is 4.74 Å². The van der Waals surface area contributed by atoms with E-state index in [1.807, 2.05) is 0 Å². The minimum Gasteiger partial charge on any atom is -0.486 e. The number of furan rings is 1. The van der Waals surface area contributed by atoms with Crippen LogP contribution in [0.3, 0.4) is 0 Å². The average molecular weight is 392 g/mol. The lowest BCUT2D eigenvalue weighted by Crippen LogP contribution is -2.26. The molecule has 140 valence electrons. The summed E-state index contributed by atoms with van der Waals surface area (Å²) in [4.78, 5) is 13.8. The summed E-state index contributed by atoms with van der Waals surface area (Å²) >= 11 is 6.00. The van der Waals surface area contributed by atoms with E-state index in [2.05, 4.69) is 0 Å². The highest BCUT2D eigenvalue weighted by molar-refractivity contribution is 6.31. The van der Waals surface area contributed by atoms with E-state index in [4.69, 9.17) is 20.8 Å². The van der Waals surface area contributed by atoms with Crippen molar-refractivity contribution in [3.05, 3.63) is 88.3 Å². The molecule has 0 unspecified atom stereocenters. The Balaban J connectivity index is 1.63. The highest BCUT2D eigenvalue weighted by atomic mass is 35.5. The zero-order chi connectivity index (χ0) is 19.4. The molecule has 1 amide bonds. The lowest BCUT2D eigenvalue weighted by molar-refractivity contribution is 0.0748. The van der Waals surface area contributed by atoms with Crippen LogP contribution in [0.15, 0.2) is 59.0 Å². The molecule has 0 saturated carbocycles. The van der Waals surface area contributed by atoms with Crippen LogP contribution in [0.5, 0.6) is 5.75 Å². The summed E-state index contributed by atoms with van der Waals surface area (Å²) < 4.78 is 37.7. The van der Waals surface area contributed by atoms with Gasteiger partial charge in [0.2, 0.25) is 0 Å². The van der Waals surface area contributed by atoms with E-state index >= 15 is 0 Å². The fourth-order valence-electron chi connectivity index (χ4n) is 2.44. The van der Waals surface area contributed by atoms with Crippen LogP contribution in [0.4, 0.5) is 8.78 Å². The SMILES string of the molecule is CN(Cc1c(F)cccc1Cl)C(=O)c1ccc(COc2ccc(F)cc2)o1. The quantitative estimate of drug-likeness (QED) is 0.589. The maximum atomic E-state index is 13.9. The van der Waals surface area contributed by atoms with Gasteiger partial charge in [0.15, 0.2) is 5.76 Å². The number of nitrogens with zero attached hydrogens (tertiary/aromatic N) is 1. The molecule has 1 aromatic heterocycles. The summed E-state index contributed by atoms with van der Waals surface area (Å²) in [5, 5.41) is 0.252. The van der Waals surface area contributed by atoms with Crippen LogP contribution in [0.2, 0.25) is 5.02 Å². The molecular formula is C20H16ClF2NO3. The Morgan fingerprint density at radius 2 is 1.85 bits per heavy atom. The van der Waals surface area contributed by atoms with Gasteiger partial charge in [-0.25, -0.2) is 8.78 Å². The summed E-state index contributed by atoms with van der Waals surface area (Å²) in [6.45, 7) is 0.0915. The van der Waals surface area contributed by atoms with Gasteiger partial charge in [0.25, 0.3) is 5.91 Å². The first kappa shape index (κ1) is 18.9. The van der Waals surface area contributed by atoms with E-state index < -0.39 is 11.7 Å². The Hall–Kier alpha value is -2.86. The smallest absolute Gasteiger partial charge is 0.289 e. The number of rotatable bonds is 6. The van der Waals surface area contributed by atoms with Gasteiger partial charge in [-0.2, -0.15) is 0 Å². The number of ether oxygens (including phenoxy) is 1. The van der Waals surface area contributed by atoms with Crippen LogP contribution in [0, 0.1) is 11.6 Å². The molecule has 7 heteroatoms. The maximum Gasteiger partial charge on any atom is 0.289 e. The van der Waals surface area contributed by atoms with Gasteiger partial charge < -0.3 is 14.1 Å². The van der Waals surface area contributed by atoms with Crippen LogP contribution in [-0.4, -0.2) is 17.9 Å². The molecule has 0 radical (unpaired) electrons. The van der Waals surface area contributed by atoms with Crippen molar-refractivity contribution in [2.75, 3.05) is 7.05 Å². The molecule has 3 rings (SSSR count). The molecule has 0 bridgehead atoms. The normalized spacial score (nSPS) is 10.7. The Labute approximate surface area is 159 Å². The van der Waals surface area contributed by atoms with Crippen molar-refractivity contribution in [3.8, 4) is 5.75 Å². The van der Waals surface area contributed by atoms with Crippen molar-refractivity contribution in [1.82, 2.24) is 4.90 Å². The maximum absolute atomic E-state index is 13.9. The molecule has 0 N–H and O–H groups in total. The fourth-order valence-corrected chi connectivity index (χ4v) is 2.66. The van der Waals surface area contributed by atoms with Crippen molar-refractivity contribution in [2.24, 2.45) is 0 Å². The Morgan fingerprint density at radius 1 is 1.11 bits per heavy atom. The summed E-state index contributed by atoms with van der Waals surface area (Å²) in [5.74, 6) is -0.238. The lowest BCUT2D eigenvalue weighted by Gasteiger charge is -2.17.